The highest BCUT2D eigenvalue weighted by molar-refractivity contribution is 5.10. The smallest absolute Gasteiger partial charge is 0.214 e. The molecule has 0 aromatic carbocycles. The van der Waals surface area contributed by atoms with E-state index < -0.39 is 0 Å². The van der Waals surface area contributed by atoms with E-state index in [1.807, 2.05) is 6.26 Å². The van der Waals surface area contributed by atoms with Gasteiger partial charge in [-0.1, -0.05) is 20.8 Å². The molecule has 5 nitrogen and oxygen atoms in total. The van der Waals surface area contributed by atoms with Gasteiger partial charge in [0.15, 0.2) is 0 Å². The van der Waals surface area contributed by atoms with E-state index in [0.717, 1.165) is 37.8 Å². The van der Waals surface area contributed by atoms with Crippen molar-refractivity contribution in [3.63, 3.8) is 0 Å². The molecule has 118 valence electrons. The van der Waals surface area contributed by atoms with Crippen LogP contribution in [0.1, 0.15) is 51.2 Å². The third kappa shape index (κ3) is 3.30. The molecule has 0 aliphatic carbocycles. The van der Waals surface area contributed by atoms with Gasteiger partial charge >= 0.3 is 0 Å². The molecular weight excluding hydrogens is 266 g/mol. The molecular formula is C16H27N3O2. The lowest BCUT2D eigenvalue weighted by molar-refractivity contribution is -0.0448. The summed E-state index contributed by atoms with van der Waals surface area (Å²) in [6.45, 7) is 11.2. The van der Waals surface area contributed by atoms with Crippen molar-refractivity contribution < 1.29 is 9.15 Å². The lowest BCUT2D eigenvalue weighted by Crippen LogP contribution is -2.49. The lowest BCUT2D eigenvalue weighted by Gasteiger charge is -2.41. The predicted molar refractivity (Wildman–Crippen MR) is 81.4 cm³/mol. The van der Waals surface area contributed by atoms with Gasteiger partial charge in [0.2, 0.25) is 5.89 Å². The first-order valence-electron chi connectivity index (χ1n) is 8.06. The van der Waals surface area contributed by atoms with Crippen molar-refractivity contribution in [3.05, 3.63) is 17.8 Å². The summed E-state index contributed by atoms with van der Waals surface area (Å²) in [6, 6.07) is 0.781. The summed E-state index contributed by atoms with van der Waals surface area (Å²) in [4.78, 5) is 7.29. The van der Waals surface area contributed by atoms with Gasteiger partial charge in [0, 0.05) is 18.0 Å². The molecule has 3 rings (SSSR count). The minimum atomic E-state index is 0.0247. The summed E-state index contributed by atoms with van der Waals surface area (Å²) in [5, 5.41) is 3.44. The zero-order valence-corrected chi connectivity index (χ0v) is 13.4. The van der Waals surface area contributed by atoms with Crippen LogP contribution in [0.3, 0.4) is 0 Å². The molecule has 2 aliphatic rings. The molecule has 2 aliphatic heterocycles. The average molecular weight is 293 g/mol. The topological polar surface area (TPSA) is 50.5 Å². The first-order chi connectivity index (χ1) is 10.1. The molecule has 5 heteroatoms. The fraction of sp³-hybridized carbons (Fsp3) is 0.812. The van der Waals surface area contributed by atoms with E-state index in [2.05, 4.69) is 31.0 Å². The van der Waals surface area contributed by atoms with Crippen molar-refractivity contribution in [1.29, 1.82) is 0 Å². The van der Waals surface area contributed by atoms with Crippen LogP contribution in [0.15, 0.2) is 10.7 Å². The van der Waals surface area contributed by atoms with E-state index in [1.54, 1.807) is 0 Å². The number of oxazole rings is 1. The Morgan fingerprint density at radius 2 is 2.05 bits per heavy atom. The molecule has 1 aromatic heterocycles. The molecule has 0 bridgehead atoms. The second-order valence-electron chi connectivity index (χ2n) is 7.13. The Hall–Kier alpha value is -0.910. The molecule has 0 unspecified atom stereocenters. The van der Waals surface area contributed by atoms with Gasteiger partial charge in [-0.15, -0.1) is 0 Å². The van der Waals surface area contributed by atoms with Crippen molar-refractivity contribution in [2.24, 2.45) is 0 Å². The second kappa shape index (κ2) is 6.07. The van der Waals surface area contributed by atoms with E-state index in [-0.39, 0.29) is 11.5 Å². The zero-order valence-electron chi connectivity index (χ0n) is 13.4. The SMILES string of the molecule is CC(C)(C)c1coc([C@@H]2COCCN2C2CCNCC2)n1. The fourth-order valence-electron chi connectivity index (χ4n) is 3.19. The van der Waals surface area contributed by atoms with Gasteiger partial charge in [-0.05, 0) is 25.9 Å². The number of nitrogens with one attached hydrogen (secondary N) is 1. The van der Waals surface area contributed by atoms with E-state index in [1.165, 1.54) is 12.8 Å². The number of nitrogens with zero attached hydrogens (tertiary/aromatic N) is 2. The predicted octanol–water partition coefficient (Wildman–Crippen LogP) is 2.10. The minimum absolute atomic E-state index is 0.0247. The normalized spacial score (nSPS) is 26.1. The quantitative estimate of drug-likeness (QED) is 0.905. The molecule has 2 saturated heterocycles. The highest BCUT2D eigenvalue weighted by atomic mass is 16.5. The van der Waals surface area contributed by atoms with Gasteiger partial charge in [-0.3, -0.25) is 4.90 Å². The van der Waals surface area contributed by atoms with Crippen LogP contribution in [0.4, 0.5) is 0 Å². The van der Waals surface area contributed by atoms with E-state index in [4.69, 9.17) is 14.1 Å². The monoisotopic (exact) mass is 293 g/mol. The Balaban J connectivity index is 1.78. The standard InChI is InChI=1S/C16H27N3O2/c1-16(2,3)14-11-21-15(18-14)13-10-20-9-8-19(13)12-4-6-17-7-5-12/h11-13,17H,4-10H2,1-3H3/t13-/m0/s1. The summed E-state index contributed by atoms with van der Waals surface area (Å²) in [6.07, 6.45) is 4.21. The molecule has 1 aromatic rings. The van der Waals surface area contributed by atoms with Gasteiger partial charge in [-0.2, -0.15) is 0 Å². The number of aromatic nitrogens is 1. The third-order valence-corrected chi connectivity index (χ3v) is 4.52. The maximum Gasteiger partial charge on any atom is 0.214 e. The Labute approximate surface area is 127 Å². The summed E-state index contributed by atoms with van der Waals surface area (Å²) < 4.78 is 11.5. The lowest BCUT2D eigenvalue weighted by atomic mass is 9.93. The van der Waals surface area contributed by atoms with E-state index >= 15 is 0 Å². The average Bonchev–Trinajstić information content (AvgIpc) is 2.98. The van der Waals surface area contributed by atoms with Crippen LogP contribution in [-0.4, -0.2) is 48.8 Å². The molecule has 0 radical (unpaired) electrons. The highest BCUT2D eigenvalue weighted by Crippen LogP contribution is 2.30. The van der Waals surface area contributed by atoms with Gasteiger partial charge in [0.1, 0.15) is 12.3 Å². The van der Waals surface area contributed by atoms with Gasteiger partial charge in [-0.25, -0.2) is 4.98 Å². The van der Waals surface area contributed by atoms with Crippen LogP contribution >= 0.6 is 0 Å². The first kappa shape index (κ1) is 15.0. The maximum atomic E-state index is 5.80. The van der Waals surface area contributed by atoms with Crippen LogP contribution in [0.5, 0.6) is 0 Å². The van der Waals surface area contributed by atoms with Crippen molar-refractivity contribution in [1.82, 2.24) is 15.2 Å². The van der Waals surface area contributed by atoms with Gasteiger partial charge in [0.05, 0.1) is 18.9 Å². The zero-order chi connectivity index (χ0) is 14.9. The summed E-state index contributed by atoms with van der Waals surface area (Å²) in [7, 11) is 0. The van der Waals surface area contributed by atoms with Gasteiger partial charge < -0.3 is 14.5 Å². The third-order valence-electron chi connectivity index (χ3n) is 4.52. The van der Waals surface area contributed by atoms with E-state index in [9.17, 15) is 0 Å². The molecule has 1 atom stereocenters. The Morgan fingerprint density at radius 3 is 2.71 bits per heavy atom. The molecule has 0 saturated carbocycles. The molecule has 0 spiro atoms. The molecule has 0 amide bonds. The van der Waals surface area contributed by atoms with Crippen molar-refractivity contribution in [2.45, 2.75) is 51.1 Å². The van der Waals surface area contributed by atoms with Crippen LogP contribution in [0.2, 0.25) is 0 Å². The molecule has 21 heavy (non-hydrogen) atoms. The number of hydrogen-bond donors (Lipinski definition) is 1. The Kier molecular flexibility index (Phi) is 4.33. The number of piperidine rings is 1. The van der Waals surface area contributed by atoms with Crippen LogP contribution in [-0.2, 0) is 10.2 Å². The minimum Gasteiger partial charge on any atom is -0.447 e. The van der Waals surface area contributed by atoms with Crippen molar-refractivity contribution >= 4 is 0 Å². The summed E-state index contributed by atoms with van der Waals surface area (Å²) in [5.74, 6) is 0.818. The number of rotatable bonds is 2. The van der Waals surface area contributed by atoms with E-state index in [0.29, 0.717) is 12.6 Å². The van der Waals surface area contributed by atoms with Crippen LogP contribution in [0, 0.1) is 0 Å². The number of ether oxygens (including phenoxy) is 1. The van der Waals surface area contributed by atoms with Crippen LogP contribution < -0.4 is 5.32 Å². The largest absolute Gasteiger partial charge is 0.447 e. The molecule has 3 heterocycles. The molecule has 1 N–H and O–H groups in total. The maximum absolute atomic E-state index is 5.80. The van der Waals surface area contributed by atoms with Crippen molar-refractivity contribution in [2.75, 3.05) is 32.8 Å². The first-order valence-corrected chi connectivity index (χ1v) is 8.06. The Morgan fingerprint density at radius 1 is 1.29 bits per heavy atom. The van der Waals surface area contributed by atoms with Crippen LogP contribution in [0.25, 0.3) is 0 Å². The molecule has 2 fully saturated rings. The highest BCUT2D eigenvalue weighted by Gasteiger charge is 2.34. The summed E-state index contributed by atoms with van der Waals surface area (Å²) >= 11 is 0. The number of morpholine rings is 1. The van der Waals surface area contributed by atoms with Gasteiger partial charge in [0.25, 0.3) is 0 Å². The summed E-state index contributed by atoms with van der Waals surface area (Å²) in [5.41, 5.74) is 1.05. The Bertz CT molecular complexity index is 460. The fourth-order valence-corrected chi connectivity index (χ4v) is 3.19. The van der Waals surface area contributed by atoms with Crippen molar-refractivity contribution in [3.8, 4) is 0 Å². The number of hydrogen-bond acceptors (Lipinski definition) is 5. The second-order valence-corrected chi connectivity index (χ2v) is 7.13.